The number of halogens is 1. The van der Waals surface area contributed by atoms with Gasteiger partial charge >= 0.3 is 0 Å². The molecule has 0 amide bonds. The van der Waals surface area contributed by atoms with E-state index in [1.165, 1.54) is 4.88 Å². The van der Waals surface area contributed by atoms with Crippen molar-refractivity contribution in [2.45, 2.75) is 33.4 Å². The zero-order chi connectivity index (χ0) is 14.5. The second kappa shape index (κ2) is 7.16. The van der Waals surface area contributed by atoms with Crippen molar-refractivity contribution in [1.29, 1.82) is 0 Å². The molecule has 0 fully saturated rings. The van der Waals surface area contributed by atoms with Crippen LogP contribution in [0.5, 0.6) is 0 Å². The third-order valence-electron chi connectivity index (χ3n) is 3.53. The molecule has 2 rings (SSSR count). The lowest BCUT2D eigenvalue weighted by atomic mass is 10.1. The summed E-state index contributed by atoms with van der Waals surface area (Å²) in [5, 5.41) is 4.24. The molecule has 1 aromatic heterocycles. The number of rotatable bonds is 7. The Morgan fingerprint density at radius 1 is 1.30 bits per heavy atom. The zero-order valence-corrected chi connectivity index (χ0v) is 13.3. The predicted molar refractivity (Wildman–Crippen MR) is 85.8 cm³/mol. The molecule has 1 heterocycles. The fourth-order valence-electron chi connectivity index (χ4n) is 2.29. The molecule has 4 heteroatoms. The summed E-state index contributed by atoms with van der Waals surface area (Å²) in [6.07, 6.45) is 1.11. The number of hydrogen-bond donors (Lipinski definition) is 1. The number of benzene rings is 1. The molecule has 0 bridgehead atoms. The summed E-state index contributed by atoms with van der Waals surface area (Å²) in [6, 6.07) is 5.38. The minimum atomic E-state index is -0.0972. The van der Waals surface area contributed by atoms with Gasteiger partial charge in [-0.25, -0.2) is 4.39 Å². The van der Waals surface area contributed by atoms with Crippen LogP contribution in [0.2, 0.25) is 0 Å². The number of hydrogen-bond acceptors (Lipinski definition) is 3. The van der Waals surface area contributed by atoms with Gasteiger partial charge in [-0.1, -0.05) is 19.9 Å². The molecule has 0 aliphatic carbocycles. The molecule has 0 saturated carbocycles. The van der Waals surface area contributed by atoms with E-state index in [0.717, 1.165) is 48.2 Å². The van der Waals surface area contributed by atoms with Crippen molar-refractivity contribution in [3.05, 3.63) is 34.5 Å². The van der Waals surface area contributed by atoms with Crippen LogP contribution in [0.3, 0.4) is 0 Å². The van der Waals surface area contributed by atoms with Crippen molar-refractivity contribution in [3.63, 3.8) is 0 Å². The molecule has 0 aliphatic rings. The minimum absolute atomic E-state index is 0.0972. The van der Waals surface area contributed by atoms with E-state index in [1.807, 2.05) is 6.07 Å². The van der Waals surface area contributed by atoms with Crippen molar-refractivity contribution in [2.75, 3.05) is 20.1 Å². The first kappa shape index (κ1) is 15.4. The molecule has 0 atom stereocenters. The van der Waals surface area contributed by atoms with Gasteiger partial charge in [-0.05, 0) is 44.3 Å². The van der Waals surface area contributed by atoms with Crippen molar-refractivity contribution in [2.24, 2.45) is 0 Å². The Hall–Kier alpha value is -0.970. The molecule has 0 aliphatic heterocycles. The van der Waals surface area contributed by atoms with Crippen LogP contribution in [0, 0.1) is 5.82 Å². The van der Waals surface area contributed by atoms with Gasteiger partial charge in [0.15, 0.2) is 0 Å². The van der Waals surface area contributed by atoms with E-state index in [4.69, 9.17) is 0 Å². The van der Waals surface area contributed by atoms with E-state index in [0.29, 0.717) is 0 Å². The second-order valence-corrected chi connectivity index (χ2v) is 6.26. The summed E-state index contributed by atoms with van der Waals surface area (Å²) in [7, 11) is 2.08. The van der Waals surface area contributed by atoms with E-state index in [-0.39, 0.29) is 5.82 Å². The highest BCUT2D eigenvalue weighted by atomic mass is 32.1. The molecule has 0 unspecified atom stereocenters. The van der Waals surface area contributed by atoms with Gasteiger partial charge < -0.3 is 10.2 Å². The second-order valence-electron chi connectivity index (χ2n) is 5.12. The molecule has 1 aromatic carbocycles. The smallest absolute Gasteiger partial charge is 0.132 e. The van der Waals surface area contributed by atoms with E-state index in [9.17, 15) is 4.39 Å². The Balaban J connectivity index is 2.38. The minimum Gasteiger partial charge on any atom is -0.312 e. The van der Waals surface area contributed by atoms with Gasteiger partial charge in [0.25, 0.3) is 0 Å². The van der Waals surface area contributed by atoms with Crippen molar-refractivity contribution < 1.29 is 4.39 Å². The maximum Gasteiger partial charge on any atom is 0.132 e. The average molecular weight is 294 g/mol. The van der Waals surface area contributed by atoms with Gasteiger partial charge in [0.1, 0.15) is 5.82 Å². The van der Waals surface area contributed by atoms with Crippen molar-refractivity contribution in [3.8, 4) is 0 Å². The summed E-state index contributed by atoms with van der Waals surface area (Å²) in [6.45, 7) is 7.89. The van der Waals surface area contributed by atoms with E-state index in [1.54, 1.807) is 23.5 Å². The summed E-state index contributed by atoms with van der Waals surface area (Å²) in [5.74, 6) is -0.0972. The fourth-order valence-corrected chi connectivity index (χ4v) is 3.49. The SMILES string of the molecule is CCCNCc1sc2cccc(F)c2c1CN(C)CC. The zero-order valence-electron chi connectivity index (χ0n) is 12.5. The Kier molecular flexibility index (Phi) is 5.52. The lowest BCUT2D eigenvalue weighted by Gasteiger charge is -2.15. The van der Waals surface area contributed by atoms with Crippen LogP contribution < -0.4 is 5.32 Å². The molecular formula is C16H23FN2S. The quantitative estimate of drug-likeness (QED) is 0.777. The van der Waals surface area contributed by atoms with Crippen molar-refractivity contribution in [1.82, 2.24) is 10.2 Å². The summed E-state index contributed by atoms with van der Waals surface area (Å²) in [4.78, 5) is 3.48. The lowest BCUT2D eigenvalue weighted by Crippen LogP contribution is -2.19. The van der Waals surface area contributed by atoms with Gasteiger partial charge in [0.2, 0.25) is 0 Å². The molecular weight excluding hydrogens is 271 g/mol. The van der Waals surface area contributed by atoms with Crippen molar-refractivity contribution >= 4 is 21.4 Å². The third kappa shape index (κ3) is 3.37. The third-order valence-corrected chi connectivity index (χ3v) is 4.72. The Bertz CT molecular complexity index is 565. The molecule has 0 saturated heterocycles. The van der Waals surface area contributed by atoms with Gasteiger partial charge in [-0.3, -0.25) is 0 Å². The molecule has 20 heavy (non-hydrogen) atoms. The van der Waals surface area contributed by atoms with Gasteiger partial charge in [-0.2, -0.15) is 0 Å². The highest BCUT2D eigenvalue weighted by molar-refractivity contribution is 7.19. The largest absolute Gasteiger partial charge is 0.312 e. The van der Waals surface area contributed by atoms with Crippen LogP contribution in [-0.4, -0.2) is 25.0 Å². The summed E-state index contributed by atoms with van der Waals surface area (Å²) in [5.41, 5.74) is 1.15. The standard InChI is InChI=1S/C16H23FN2S/c1-4-9-18-10-15-12(11-19(3)5-2)16-13(17)7-6-8-14(16)20-15/h6-8,18H,4-5,9-11H2,1-3H3. The summed E-state index contributed by atoms with van der Waals surface area (Å²) >= 11 is 1.71. The number of thiophene rings is 1. The van der Waals surface area contributed by atoms with E-state index < -0.39 is 0 Å². The van der Waals surface area contributed by atoms with Gasteiger partial charge in [-0.15, -0.1) is 11.3 Å². The van der Waals surface area contributed by atoms with Crippen LogP contribution in [0.4, 0.5) is 4.39 Å². The number of nitrogens with zero attached hydrogens (tertiary/aromatic N) is 1. The maximum atomic E-state index is 14.2. The van der Waals surface area contributed by atoms with E-state index >= 15 is 0 Å². The first-order chi connectivity index (χ1) is 9.67. The number of fused-ring (bicyclic) bond motifs is 1. The fraction of sp³-hybridized carbons (Fsp3) is 0.500. The molecule has 0 radical (unpaired) electrons. The average Bonchev–Trinajstić information content (AvgIpc) is 2.78. The van der Waals surface area contributed by atoms with Gasteiger partial charge in [0.05, 0.1) is 0 Å². The van der Waals surface area contributed by atoms with Crippen LogP contribution >= 0.6 is 11.3 Å². The first-order valence-corrected chi connectivity index (χ1v) is 8.07. The molecule has 2 aromatic rings. The monoisotopic (exact) mass is 294 g/mol. The maximum absolute atomic E-state index is 14.2. The highest BCUT2D eigenvalue weighted by Gasteiger charge is 2.16. The molecule has 1 N–H and O–H groups in total. The topological polar surface area (TPSA) is 15.3 Å². The highest BCUT2D eigenvalue weighted by Crippen LogP contribution is 2.34. The first-order valence-electron chi connectivity index (χ1n) is 7.25. The predicted octanol–water partition coefficient (Wildman–Crippen LogP) is 3.99. The Morgan fingerprint density at radius 3 is 2.80 bits per heavy atom. The van der Waals surface area contributed by atoms with Crippen LogP contribution in [-0.2, 0) is 13.1 Å². The Labute approximate surface area is 124 Å². The van der Waals surface area contributed by atoms with Crippen LogP contribution in [0.15, 0.2) is 18.2 Å². The van der Waals surface area contributed by atoms with Crippen LogP contribution in [0.1, 0.15) is 30.7 Å². The normalized spacial score (nSPS) is 11.7. The van der Waals surface area contributed by atoms with Gasteiger partial charge in [0, 0.05) is 28.1 Å². The molecule has 0 spiro atoms. The van der Waals surface area contributed by atoms with E-state index in [2.05, 4.69) is 31.1 Å². The molecule has 2 nitrogen and oxygen atoms in total. The Morgan fingerprint density at radius 2 is 2.10 bits per heavy atom. The lowest BCUT2D eigenvalue weighted by molar-refractivity contribution is 0.346. The van der Waals surface area contributed by atoms with Crippen LogP contribution in [0.25, 0.3) is 10.1 Å². The molecule has 110 valence electrons. The number of nitrogens with one attached hydrogen (secondary N) is 1. The summed E-state index contributed by atoms with van der Waals surface area (Å²) < 4.78 is 15.2.